The molecule has 0 atom stereocenters. The molecule has 8 heteroatoms. The Labute approximate surface area is 116 Å². The molecule has 0 radical (unpaired) electrons. The lowest BCUT2D eigenvalue weighted by Gasteiger charge is -2.22. The molecule has 2 nitrogen and oxygen atoms in total. The van der Waals surface area contributed by atoms with Crippen LogP contribution in [0.3, 0.4) is 0 Å². The Hall–Kier alpha value is -1.57. The molecule has 1 aromatic carbocycles. The summed E-state index contributed by atoms with van der Waals surface area (Å²) in [4.78, 5) is 11.5. The van der Waals surface area contributed by atoms with Crippen LogP contribution in [0.25, 0.3) is 0 Å². The van der Waals surface area contributed by atoms with Crippen LogP contribution in [0.5, 0.6) is 0 Å². The van der Waals surface area contributed by atoms with Crippen molar-refractivity contribution in [2.75, 3.05) is 6.61 Å². The Morgan fingerprint density at radius 1 is 1.05 bits per heavy atom. The van der Waals surface area contributed by atoms with Crippen LogP contribution < -0.4 is 0 Å². The second-order valence-corrected chi connectivity index (χ2v) is 4.25. The van der Waals surface area contributed by atoms with Crippen molar-refractivity contribution < 1.29 is 35.9 Å². The van der Waals surface area contributed by atoms with Crippen LogP contribution in [-0.4, -0.2) is 30.8 Å². The minimum Gasteiger partial charge on any atom is -0.353 e. The van der Waals surface area contributed by atoms with E-state index in [0.717, 1.165) is 5.56 Å². The van der Waals surface area contributed by atoms with E-state index in [9.17, 15) is 31.1 Å². The fraction of sp³-hybridized carbons (Fsp3) is 0.462. The maximum absolute atomic E-state index is 12.2. The molecule has 0 aliphatic carbocycles. The highest BCUT2D eigenvalue weighted by molar-refractivity contribution is 5.97. The summed E-state index contributed by atoms with van der Waals surface area (Å²) in [5, 5.41) is 0. The molecule has 1 rings (SSSR count). The van der Waals surface area contributed by atoms with Gasteiger partial charge in [0.25, 0.3) is 0 Å². The molecule has 0 amide bonds. The highest BCUT2D eigenvalue weighted by Gasteiger charge is 2.58. The first-order valence-corrected chi connectivity index (χ1v) is 5.93. The molecule has 0 fully saturated rings. The summed E-state index contributed by atoms with van der Waals surface area (Å²) >= 11 is 0. The average Bonchev–Trinajstić information content (AvgIpc) is 2.35. The van der Waals surface area contributed by atoms with Crippen LogP contribution in [0, 0.1) is 0 Å². The second-order valence-electron chi connectivity index (χ2n) is 4.25. The molecule has 0 bridgehead atoms. The van der Waals surface area contributed by atoms with E-state index < -0.39 is 30.8 Å². The smallest absolute Gasteiger partial charge is 0.353 e. The number of benzene rings is 1. The number of carbonyl (C=O) groups excluding carboxylic acids is 1. The third-order valence-corrected chi connectivity index (χ3v) is 2.66. The SMILES string of the molecule is CCc1ccc(C(=O)COC(C(F)(F)F)C(F)(F)F)cc1. The van der Waals surface area contributed by atoms with Crippen molar-refractivity contribution in [3.63, 3.8) is 0 Å². The fourth-order valence-corrected chi connectivity index (χ4v) is 1.54. The van der Waals surface area contributed by atoms with Gasteiger partial charge in [-0.25, -0.2) is 0 Å². The van der Waals surface area contributed by atoms with Crippen molar-refractivity contribution >= 4 is 5.78 Å². The molecule has 1 aromatic rings. The van der Waals surface area contributed by atoms with E-state index in [1.807, 2.05) is 6.92 Å². The number of ketones is 1. The number of hydrogen-bond acceptors (Lipinski definition) is 2. The summed E-state index contributed by atoms with van der Waals surface area (Å²) in [6.07, 6.45) is -14.5. The predicted octanol–water partition coefficient (Wildman–Crippen LogP) is 3.94. The van der Waals surface area contributed by atoms with Gasteiger partial charge in [-0.15, -0.1) is 0 Å². The monoisotopic (exact) mass is 314 g/mol. The number of aryl methyl sites for hydroxylation is 1. The van der Waals surface area contributed by atoms with Crippen molar-refractivity contribution in [1.82, 2.24) is 0 Å². The normalized spacial score (nSPS) is 12.8. The van der Waals surface area contributed by atoms with E-state index in [1.165, 1.54) is 12.1 Å². The van der Waals surface area contributed by atoms with Crippen LogP contribution in [0.1, 0.15) is 22.8 Å². The van der Waals surface area contributed by atoms with E-state index in [1.54, 1.807) is 12.1 Å². The molecular weight excluding hydrogens is 302 g/mol. The minimum atomic E-state index is -5.62. The lowest BCUT2D eigenvalue weighted by molar-refractivity contribution is -0.318. The van der Waals surface area contributed by atoms with Gasteiger partial charge in [-0.1, -0.05) is 31.2 Å². The van der Waals surface area contributed by atoms with Crippen LogP contribution in [-0.2, 0) is 11.2 Å². The van der Waals surface area contributed by atoms with Gasteiger partial charge in [0, 0.05) is 5.56 Å². The first-order valence-electron chi connectivity index (χ1n) is 5.93. The lowest BCUT2D eigenvalue weighted by atomic mass is 10.1. The maximum Gasteiger partial charge on any atom is 0.423 e. The molecule has 0 saturated heterocycles. The van der Waals surface area contributed by atoms with Crippen LogP contribution in [0.2, 0.25) is 0 Å². The number of alkyl halides is 6. The third kappa shape index (κ3) is 5.04. The van der Waals surface area contributed by atoms with Gasteiger partial charge in [-0.3, -0.25) is 4.79 Å². The number of carbonyl (C=O) groups is 1. The zero-order chi connectivity index (χ0) is 16.3. The highest BCUT2D eigenvalue weighted by Crippen LogP contribution is 2.35. The zero-order valence-corrected chi connectivity index (χ0v) is 10.9. The summed E-state index contributed by atoms with van der Waals surface area (Å²) < 4.78 is 77.0. The standard InChI is InChI=1S/C13H12F6O2/c1-2-8-3-5-9(6-4-8)10(20)7-21-11(12(14,15)16)13(17,18)19/h3-6,11H,2,7H2,1H3. The van der Waals surface area contributed by atoms with Gasteiger partial charge in [0.1, 0.15) is 6.61 Å². The summed E-state index contributed by atoms with van der Waals surface area (Å²) in [7, 11) is 0. The van der Waals surface area contributed by atoms with Crippen LogP contribution >= 0.6 is 0 Å². The lowest BCUT2D eigenvalue weighted by Crippen LogP contribution is -2.45. The van der Waals surface area contributed by atoms with Gasteiger partial charge in [-0.05, 0) is 12.0 Å². The van der Waals surface area contributed by atoms with Crippen molar-refractivity contribution in [2.45, 2.75) is 31.8 Å². The average molecular weight is 314 g/mol. The summed E-state index contributed by atoms with van der Waals surface area (Å²) in [6, 6.07) is 5.80. The summed E-state index contributed by atoms with van der Waals surface area (Å²) in [5.74, 6) is -0.948. The van der Waals surface area contributed by atoms with E-state index in [0.29, 0.717) is 6.42 Å². The van der Waals surface area contributed by atoms with Gasteiger partial charge in [0.2, 0.25) is 6.10 Å². The molecule has 0 spiro atoms. The molecule has 0 heterocycles. The molecule has 0 aliphatic rings. The Morgan fingerprint density at radius 3 is 1.90 bits per heavy atom. The second kappa shape index (κ2) is 6.46. The van der Waals surface area contributed by atoms with Crippen molar-refractivity contribution in [3.05, 3.63) is 35.4 Å². The Kier molecular flexibility index (Phi) is 5.38. The van der Waals surface area contributed by atoms with Gasteiger partial charge < -0.3 is 4.74 Å². The number of halogens is 6. The van der Waals surface area contributed by atoms with Crippen molar-refractivity contribution in [1.29, 1.82) is 0 Å². The highest BCUT2D eigenvalue weighted by atomic mass is 19.4. The molecule has 0 unspecified atom stereocenters. The Bertz CT molecular complexity index is 461. The fourth-order valence-electron chi connectivity index (χ4n) is 1.54. The number of rotatable bonds is 5. The summed E-state index contributed by atoms with van der Waals surface area (Å²) in [6.45, 7) is 0.562. The van der Waals surface area contributed by atoms with E-state index in [-0.39, 0.29) is 5.56 Å². The number of Topliss-reactive ketones (excluding diaryl/α,β-unsaturated/α-hetero) is 1. The predicted molar refractivity (Wildman–Crippen MR) is 62.0 cm³/mol. The Balaban J connectivity index is 2.73. The van der Waals surface area contributed by atoms with E-state index >= 15 is 0 Å². The van der Waals surface area contributed by atoms with E-state index in [4.69, 9.17) is 0 Å². The van der Waals surface area contributed by atoms with Gasteiger partial charge in [0.05, 0.1) is 0 Å². The van der Waals surface area contributed by atoms with E-state index in [2.05, 4.69) is 4.74 Å². The topological polar surface area (TPSA) is 26.3 Å². The molecule has 0 N–H and O–H groups in total. The quantitative estimate of drug-likeness (QED) is 0.608. The molecule has 0 saturated carbocycles. The molecule has 21 heavy (non-hydrogen) atoms. The summed E-state index contributed by atoms with van der Waals surface area (Å²) in [5.41, 5.74) is 0.881. The van der Waals surface area contributed by atoms with Gasteiger partial charge >= 0.3 is 12.4 Å². The molecule has 0 aromatic heterocycles. The first kappa shape index (κ1) is 17.5. The third-order valence-electron chi connectivity index (χ3n) is 2.66. The zero-order valence-electron chi connectivity index (χ0n) is 10.9. The molecule has 118 valence electrons. The molecule has 0 aliphatic heterocycles. The largest absolute Gasteiger partial charge is 0.423 e. The van der Waals surface area contributed by atoms with Gasteiger partial charge in [-0.2, -0.15) is 26.3 Å². The van der Waals surface area contributed by atoms with Crippen molar-refractivity contribution in [2.24, 2.45) is 0 Å². The van der Waals surface area contributed by atoms with Crippen molar-refractivity contribution in [3.8, 4) is 0 Å². The van der Waals surface area contributed by atoms with Crippen LogP contribution in [0.15, 0.2) is 24.3 Å². The maximum atomic E-state index is 12.2. The number of hydrogen-bond donors (Lipinski definition) is 0. The number of ether oxygens (including phenoxy) is 1. The van der Waals surface area contributed by atoms with Gasteiger partial charge in [0.15, 0.2) is 5.78 Å². The first-order chi connectivity index (χ1) is 9.55. The minimum absolute atomic E-state index is 0.00435. The van der Waals surface area contributed by atoms with Crippen LogP contribution in [0.4, 0.5) is 26.3 Å². The Morgan fingerprint density at radius 2 is 1.52 bits per heavy atom. The molecular formula is C13H12F6O2.